The zero-order valence-electron chi connectivity index (χ0n) is 11.9. The first-order valence-corrected chi connectivity index (χ1v) is 8.55. The Balaban J connectivity index is 1.78. The maximum absolute atomic E-state index is 13.4. The molecule has 0 aliphatic rings. The molecule has 0 spiro atoms. The van der Waals surface area contributed by atoms with Gasteiger partial charge < -0.3 is 5.32 Å². The largest absolute Gasteiger partial charge is 0.302 e. The van der Waals surface area contributed by atoms with Crippen LogP contribution in [0.25, 0.3) is 0 Å². The molecule has 0 saturated heterocycles. The molecule has 0 aliphatic heterocycles. The maximum Gasteiger partial charge on any atom is 0.226 e. The number of carbonyl (C=O) groups excluding carboxylic acids is 1. The predicted molar refractivity (Wildman–Crippen MR) is 86.6 cm³/mol. The van der Waals surface area contributed by atoms with Crippen molar-refractivity contribution in [1.82, 2.24) is 4.98 Å². The number of anilines is 1. The third kappa shape index (κ3) is 4.82. The molecule has 0 atom stereocenters. The second kappa shape index (κ2) is 7.56. The number of amides is 1. The van der Waals surface area contributed by atoms with Gasteiger partial charge >= 0.3 is 0 Å². The molecular formula is C15H17FN2OS2. The van der Waals surface area contributed by atoms with Gasteiger partial charge in [0.25, 0.3) is 0 Å². The first-order valence-electron chi connectivity index (χ1n) is 6.69. The lowest BCUT2D eigenvalue weighted by atomic mass is 10.2. The number of benzene rings is 1. The number of nitrogens with one attached hydrogen (secondary N) is 1. The van der Waals surface area contributed by atoms with Gasteiger partial charge in [-0.2, -0.15) is 0 Å². The molecule has 3 nitrogen and oxygen atoms in total. The number of thiazole rings is 1. The van der Waals surface area contributed by atoms with Crippen LogP contribution in [0.1, 0.15) is 31.9 Å². The number of hydrogen-bond donors (Lipinski definition) is 1. The zero-order chi connectivity index (χ0) is 15.2. The first kappa shape index (κ1) is 16.0. The predicted octanol–water partition coefficient (Wildman–Crippen LogP) is 4.53. The third-order valence-electron chi connectivity index (χ3n) is 2.78. The van der Waals surface area contributed by atoms with Crippen molar-refractivity contribution in [3.8, 4) is 0 Å². The number of nitrogens with zero attached hydrogens (tertiary/aromatic N) is 1. The monoisotopic (exact) mass is 324 g/mol. The number of halogens is 1. The Morgan fingerprint density at radius 3 is 2.86 bits per heavy atom. The van der Waals surface area contributed by atoms with E-state index in [9.17, 15) is 9.18 Å². The summed E-state index contributed by atoms with van der Waals surface area (Å²) in [6.07, 6.45) is 0.329. The number of rotatable bonds is 6. The van der Waals surface area contributed by atoms with E-state index in [0.29, 0.717) is 28.1 Å². The summed E-state index contributed by atoms with van der Waals surface area (Å²) < 4.78 is 13.4. The standard InChI is InChI=1S/C15H17FN2OS2/c1-10(2)12-9-21-15(17-12)18-14(19)7-8-20-13-6-4-3-5-11(13)16/h3-6,9-10H,7-8H2,1-2H3,(H,17,18,19). The van der Waals surface area contributed by atoms with Crippen molar-refractivity contribution in [2.75, 3.05) is 11.1 Å². The molecule has 2 rings (SSSR count). The summed E-state index contributed by atoms with van der Waals surface area (Å²) in [4.78, 5) is 16.7. The minimum atomic E-state index is -0.246. The molecule has 6 heteroatoms. The van der Waals surface area contributed by atoms with Gasteiger partial charge in [0, 0.05) is 22.4 Å². The van der Waals surface area contributed by atoms with E-state index in [1.807, 2.05) is 5.38 Å². The molecule has 0 aliphatic carbocycles. The van der Waals surface area contributed by atoms with Gasteiger partial charge in [-0.25, -0.2) is 9.37 Å². The van der Waals surface area contributed by atoms with Crippen LogP contribution in [-0.4, -0.2) is 16.6 Å². The number of aromatic nitrogens is 1. The van der Waals surface area contributed by atoms with Crippen LogP contribution in [0.5, 0.6) is 0 Å². The summed E-state index contributed by atoms with van der Waals surface area (Å²) in [6.45, 7) is 4.12. The molecule has 0 radical (unpaired) electrons. The Bertz CT molecular complexity index is 613. The average molecular weight is 324 g/mol. The Morgan fingerprint density at radius 2 is 2.19 bits per heavy atom. The molecule has 0 bridgehead atoms. The molecule has 1 aromatic heterocycles. The Kier molecular flexibility index (Phi) is 5.76. The van der Waals surface area contributed by atoms with Crippen LogP contribution in [0.4, 0.5) is 9.52 Å². The molecular weight excluding hydrogens is 307 g/mol. The van der Waals surface area contributed by atoms with Crippen molar-refractivity contribution in [2.24, 2.45) is 0 Å². The van der Waals surface area contributed by atoms with Crippen LogP contribution in [0.3, 0.4) is 0 Å². The van der Waals surface area contributed by atoms with Gasteiger partial charge in [-0.15, -0.1) is 23.1 Å². The Morgan fingerprint density at radius 1 is 1.43 bits per heavy atom. The Labute approximate surface area is 132 Å². The highest BCUT2D eigenvalue weighted by Gasteiger charge is 2.09. The highest BCUT2D eigenvalue weighted by molar-refractivity contribution is 7.99. The number of carbonyl (C=O) groups is 1. The van der Waals surface area contributed by atoms with Gasteiger partial charge in [-0.3, -0.25) is 4.79 Å². The fraction of sp³-hybridized carbons (Fsp3) is 0.333. The molecule has 21 heavy (non-hydrogen) atoms. The van der Waals surface area contributed by atoms with Crippen molar-refractivity contribution in [2.45, 2.75) is 31.1 Å². The summed E-state index contributed by atoms with van der Waals surface area (Å²) in [5.41, 5.74) is 0.982. The topological polar surface area (TPSA) is 42.0 Å². The summed E-state index contributed by atoms with van der Waals surface area (Å²) in [5.74, 6) is 0.547. The van der Waals surface area contributed by atoms with E-state index in [1.165, 1.54) is 29.2 Å². The second-order valence-corrected chi connectivity index (χ2v) is 6.80. The minimum Gasteiger partial charge on any atom is -0.302 e. The van der Waals surface area contributed by atoms with Gasteiger partial charge in [0.2, 0.25) is 5.91 Å². The van der Waals surface area contributed by atoms with E-state index in [1.54, 1.807) is 18.2 Å². The average Bonchev–Trinajstić information content (AvgIpc) is 2.89. The van der Waals surface area contributed by atoms with E-state index < -0.39 is 0 Å². The van der Waals surface area contributed by atoms with E-state index in [4.69, 9.17) is 0 Å². The zero-order valence-corrected chi connectivity index (χ0v) is 13.6. The first-order chi connectivity index (χ1) is 10.1. The molecule has 112 valence electrons. The molecule has 0 unspecified atom stereocenters. The molecule has 2 aromatic rings. The highest BCUT2D eigenvalue weighted by Crippen LogP contribution is 2.23. The lowest BCUT2D eigenvalue weighted by Gasteiger charge is -2.03. The maximum atomic E-state index is 13.4. The quantitative estimate of drug-likeness (QED) is 0.794. The van der Waals surface area contributed by atoms with E-state index in [2.05, 4.69) is 24.1 Å². The smallest absolute Gasteiger partial charge is 0.226 e. The lowest BCUT2D eigenvalue weighted by molar-refractivity contribution is -0.115. The molecule has 0 fully saturated rings. The van der Waals surface area contributed by atoms with Crippen LogP contribution in [0.2, 0.25) is 0 Å². The summed E-state index contributed by atoms with van der Waals surface area (Å²) in [5, 5.41) is 5.36. The fourth-order valence-electron chi connectivity index (χ4n) is 1.61. The van der Waals surface area contributed by atoms with Gasteiger partial charge in [0.1, 0.15) is 5.82 Å². The van der Waals surface area contributed by atoms with Crippen molar-refractivity contribution in [1.29, 1.82) is 0 Å². The van der Waals surface area contributed by atoms with Crippen LogP contribution in [0, 0.1) is 5.82 Å². The molecule has 1 heterocycles. The van der Waals surface area contributed by atoms with Crippen LogP contribution >= 0.6 is 23.1 Å². The molecule has 1 aromatic carbocycles. The normalized spacial score (nSPS) is 10.9. The number of hydrogen-bond acceptors (Lipinski definition) is 4. The van der Waals surface area contributed by atoms with Gasteiger partial charge in [-0.05, 0) is 18.1 Å². The van der Waals surface area contributed by atoms with Gasteiger partial charge in [0.05, 0.1) is 5.69 Å². The summed E-state index contributed by atoms with van der Waals surface area (Å²) in [6, 6.07) is 6.58. The molecule has 1 amide bonds. The van der Waals surface area contributed by atoms with Crippen molar-refractivity contribution >= 4 is 34.1 Å². The highest BCUT2D eigenvalue weighted by atomic mass is 32.2. The van der Waals surface area contributed by atoms with Gasteiger partial charge in [0.15, 0.2) is 5.13 Å². The van der Waals surface area contributed by atoms with E-state index in [-0.39, 0.29) is 11.7 Å². The van der Waals surface area contributed by atoms with Crippen LogP contribution in [0.15, 0.2) is 34.5 Å². The van der Waals surface area contributed by atoms with Gasteiger partial charge in [-0.1, -0.05) is 26.0 Å². The van der Waals surface area contributed by atoms with Crippen molar-refractivity contribution in [3.63, 3.8) is 0 Å². The summed E-state index contributed by atoms with van der Waals surface area (Å²) in [7, 11) is 0. The lowest BCUT2D eigenvalue weighted by Crippen LogP contribution is -2.12. The molecule has 1 N–H and O–H groups in total. The SMILES string of the molecule is CC(C)c1csc(NC(=O)CCSc2ccccc2F)n1. The van der Waals surface area contributed by atoms with Crippen molar-refractivity contribution < 1.29 is 9.18 Å². The van der Waals surface area contributed by atoms with Crippen molar-refractivity contribution in [3.05, 3.63) is 41.2 Å². The van der Waals surface area contributed by atoms with Crippen LogP contribution in [-0.2, 0) is 4.79 Å². The van der Waals surface area contributed by atoms with E-state index in [0.717, 1.165) is 5.69 Å². The second-order valence-electron chi connectivity index (χ2n) is 4.81. The van der Waals surface area contributed by atoms with E-state index >= 15 is 0 Å². The number of thioether (sulfide) groups is 1. The minimum absolute atomic E-state index is 0.0940. The Hall–Kier alpha value is -1.40. The molecule has 0 saturated carbocycles. The summed E-state index contributed by atoms with van der Waals surface area (Å²) >= 11 is 2.77. The third-order valence-corrected chi connectivity index (χ3v) is 4.61. The fourth-order valence-corrected chi connectivity index (χ4v) is 3.38. The van der Waals surface area contributed by atoms with Crippen LogP contribution < -0.4 is 5.32 Å².